The molecular weight excluding hydrogens is 352 g/mol. The number of anilines is 1. The minimum absolute atomic E-state index is 0.0589. The number of hydrogen-bond donors (Lipinski definition) is 1. The number of methoxy groups -OCH3 is 1. The van der Waals surface area contributed by atoms with Gasteiger partial charge in [-0.3, -0.25) is 9.59 Å². The number of aromatic nitrogens is 1. The highest BCUT2D eigenvalue weighted by atomic mass is 32.1. The molecule has 1 amide bonds. The summed E-state index contributed by atoms with van der Waals surface area (Å²) in [6.45, 7) is 1.93. The highest BCUT2D eigenvalue weighted by molar-refractivity contribution is 7.18. The summed E-state index contributed by atoms with van der Waals surface area (Å²) in [5.41, 5.74) is 1.51. The Morgan fingerprint density at radius 2 is 2.04 bits per heavy atom. The standard InChI is InChI=1S/C19H14N2O4S/c1-10-20-14-6-3-11(7-18(14)26-10)21-19(23)17-9-15(22)13-5-4-12(24-2)8-16(13)25-17/h3-9H,1-2H3,(H,21,23). The number of nitrogens with one attached hydrogen (secondary N) is 1. The van der Waals surface area contributed by atoms with Crippen molar-refractivity contribution in [2.75, 3.05) is 12.4 Å². The van der Waals surface area contributed by atoms with Crippen LogP contribution in [0.3, 0.4) is 0 Å². The molecule has 1 N–H and O–H groups in total. The van der Waals surface area contributed by atoms with Crippen LogP contribution in [-0.2, 0) is 0 Å². The summed E-state index contributed by atoms with van der Waals surface area (Å²) >= 11 is 1.55. The number of carbonyl (C=O) groups excluding carboxylic acids is 1. The van der Waals surface area contributed by atoms with Gasteiger partial charge >= 0.3 is 0 Å². The number of nitrogens with zero attached hydrogens (tertiary/aromatic N) is 1. The van der Waals surface area contributed by atoms with Crippen LogP contribution in [-0.4, -0.2) is 18.0 Å². The Kier molecular flexibility index (Phi) is 3.93. The Balaban J connectivity index is 1.69. The van der Waals surface area contributed by atoms with E-state index in [0.29, 0.717) is 22.4 Å². The molecule has 0 atom stereocenters. The maximum Gasteiger partial charge on any atom is 0.291 e. The lowest BCUT2D eigenvalue weighted by molar-refractivity contribution is 0.0997. The highest BCUT2D eigenvalue weighted by Gasteiger charge is 2.14. The smallest absolute Gasteiger partial charge is 0.291 e. The number of amides is 1. The molecule has 26 heavy (non-hydrogen) atoms. The summed E-state index contributed by atoms with van der Waals surface area (Å²) in [6, 6.07) is 11.5. The Morgan fingerprint density at radius 3 is 2.85 bits per heavy atom. The van der Waals surface area contributed by atoms with Crippen LogP contribution in [0.1, 0.15) is 15.6 Å². The van der Waals surface area contributed by atoms with Crippen molar-refractivity contribution in [2.45, 2.75) is 6.92 Å². The Labute approximate surface area is 152 Å². The first-order valence-electron chi connectivity index (χ1n) is 7.84. The minimum atomic E-state index is -0.493. The van der Waals surface area contributed by atoms with Gasteiger partial charge in [-0.1, -0.05) is 0 Å². The molecule has 0 radical (unpaired) electrons. The van der Waals surface area contributed by atoms with Crippen LogP contribution in [0.2, 0.25) is 0 Å². The van der Waals surface area contributed by atoms with E-state index in [4.69, 9.17) is 9.15 Å². The number of fused-ring (bicyclic) bond motifs is 2. The SMILES string of the molecule is COc1ccc2c(=O)cc(C(=O)Nc3ccc4nc(C)sc4c3)oc2c1. The third-order valence-electron chi connectivity index (χ3n) is 3.91. The second-order valence-electron chi connectivity index (χ2n) is 5.71. The van der Waals surface area contributed by atoms with Crippen LogP contribution in [0.4, 0.5) is 5.69 Å². The first-order chi connectivity index (χ1) is 12.5. The van der Waals surface area contributed by atoms with Gasteiger partial charge in [-0.2, -0.15) is 0 Å². The number of benzene rings is 2. The van der Waals surface area contributed by atoms with Gasteiger partial charge in [0.25, 0.3) is 5.91 Å². The molecule has 0 aliphatic heterocycles. The molecule has 0 bridgehead atoms. The molecule has 130 valence electrons. The minimum Gasteiger partial charge on any atom is -0.497 e. The van der Waals surface area contributed by atoms with Gasteiger partial charge in [-0.05, 0) is 37.3 Å². The molecule has 7 heteroatoms. The predicted octanol–water partition coefficient (Wildman–Crippen LogP) is 3.97. The van der Waals surface area contributed by atoms with Gasteiger partial charge in [0.15, 0.2) is 11.2 Å². The van der Waals surface area contributed by atoms with Crippen molar-refractivity contribution in [1.29, 1.82) is 0 Å². The predicted molar refractivity (Wildman–Crippen MR) is 101 cm³/mol. The van der Waals surface area contributed by atoms with Crippen molar-refractivity contribution in [2.24, 2.45) is 0 Å². The lowest BCUT2D eigenvalue weighted by Gasteiger charge is -2.06. The molecule has 0 saturated heterocycles. The molecule has 0 spiro atoms. The molecule has 2 aromatic carbocycles. The average Bonchev–Trinajstić information content (AvgIpc) is 3.00. The van der Waals surface area contributed by atoms with Crippen LogP contribution in [0.15, 0.2) is 51.7 Å². The van der Waals surface area contributed by atoms with Gasteiger partial charge in [0.1, 0.15) is 11.3 Å². The first kappa shape index (κ1) is 16.3. The summed E-state index contributed by atoms with van der Waals surface area (Å²) in [5, 5.41) is 4.11. The third-order valence-corrected chi connectivity index (χ3v) is 4.85. The number of hydrogen-bond acceptors (Lipinski definition) is 6. The molecule has 4 aromatic rings. The van der Waals surface area contributed by atoms with Crippen molar-refractivity contribution in [3.63, 3.8) is 0 Å². The summed E-state index contributed by atoms with van der Waals surface area (Å²) in [6.07, 6.45) is 0. The maximum absolute atomic E-state index is 12.5. The summed E-state index contributed by atoms with van der Waals surface area (Å²) in [5.74, 6) is -0.00651. The number of thiazole rings is 1. The number of carbonyl (C=O) groups is 1. The van der Waals surface area contributed by atoms with E-state index in [-0.39, 0.29) is 11.2 Å². The van der Waals surface area contributed by atoms with Gasteiger partial charge in [0, 0.05) is 17.8 Å². The monoisotopic (exact) mass is 366 g/mol. The molecule has 6 nitrogen and oxygen atoms in total. The first-order valence-corrected chi connectivity index (χ1v) is 8.65. The van der Waals surface area contributed by atoms with Gasteiger partial charge in [-0.15, -0.1) is 11.3 Å². The van der Waals surface area contributed by atoms with Crippen molar-refractivity contribution in [1.82, 2.24) is 4.98 Å². The van der Waals surface area contributed by atoms with Crippen molar-refractivity contribution in [3.05, 3.63) is 63.5 Å². The largest absolute Gasteiger partial charge is 0.497 e. The van der Waals surface area contributed by atoms with Crippen LogP contribution in [0.25, 0.3) is 21.2 Å². The fourth-order valence-corrected chi connectivity index (χ4v) is 3.55. The number of aryl methyl sites for hydroxylation is 1. The van der Waals surface area contributed by atoms with Gasteiger partial charge < -0.3 is 14.5 Å². The normalized spacial score (nSPS) is 11.0. The van der Waals surface area contributed by atoms with Crippen molar-refractivity contribution < 1.29 is 13.9 Å². The molecular formula is C19H14N2O4S. The molecule has 0 unspecified atom stereocenters. The Hall–Kier alpha value is -3.19. The molecule has 4 rings (SSSR count). The zero-order chi connectivity index (χ0) is 18.3. The van der Waals surface area contributed by atoms with E-state index in [1.54, 1.807) is 35.6 Å². The van der Waals surface area contributed by atoms with E-state index in [0.717, 1.165) is 15.2 Å². The number of ether oxygens (including phenoxy) is 1. The molecule has 2 heterocycles. The summed E-state index contributed by atoms with van der Waals surface area (Å²) in [7, 11) is 1.52. The number of rotatable bonds is 3. The zero-order valence-corrected chi connectivity index (χ0v) is 14.8. The fraction of sp³-hybridized carbons (Fsp3) is 0.105. The van der Waals surface area contributed by atoms with Crippen LogP contribution in [0, 0.1) is 6.92 Å². The Morgan fingerprint density at radius 1 is 1.19 bits per heavy atom. The molecule has 0 aliphatic carbocycles. The lowest BCUT2D eigenvalue weighted by Crippen LogP contribution is -2.14. The summed E-state index contributed by atoms with van der Waals surface area (Å²) in [4.78, 5) is 29.2. The van der Waals surface area contributed by atoms with E-state index in [9.17, 15) is 9.59 Å². The maximum atomic E-state index is 12.5. The van der Waals surface area contributed by atoms with Crippen molar-refractivity contribution in [3.8, 4) is 5.75 Å². The fourth-order valence-electron chi connectivity index (χ4n) is 2.68. The quantitative estimate of drug-likeness (QED) is 0.593. The molecule has 0 aliphatic rings. The van der Waals surface area contributed by atoms with E-state index in [1.165, 1.54) is 13.2 Å². The summed E-state index contributed by atoms with van der Waals surface area (Å²) < 4.78 is 11.7. The topological polar surface area (TPSA) is 81.4 Å². The highest BCUT2D eigenvalue weighted by Crippen LogP contribution is 2.25. The zero-order valence-electron chi connectivity index (χ0n) is 14.0. The van der Waals surface area contributed by atoms with E-state index < -0.39 is 5.91 Å². The van der Waals surface area contributed by atoms with E-state index >= 15 is 0 Å². The van der Waals surface area contributed by atoms with Gasteiger partial charge in [0.2, 0.25) is 0 Å². The van der Waals surface area contributed by atoms with E-state index in [2.05, 4.69) is 10.3 Å². The van der Waals surface area contributed by atoms with Gasteiger partial charge in [0.05, 0.1) is 27.7 Å². The third kappa shape index (κ3) is 2.93. The lowest BCUT2D eigenvalue weighted by atomic mass is 10.2. The van der Waals surface area contributed by atoms with Crippen LogP contribution >= 0.6 is 11.3 Å². The van der Waals surface area contributed by atoms with Crippen LogP contribution < -0.4 is 15.5 Å². The molecule has 0 saturated carbocycles. The average molecular weight is 366 g/mol. The van der Waals surface area contributed by atoms with Crippen molar-refractivity contribution >= 4 is 44.1 Å². The van der Waals surface area contributed by atoms with Crippen LogP contribution in [0.5, 0.6) is 5.75 Å². The van der Waals surface area contributed by atoms with Gasteiger partial charge in [-0.25, -0.2) is 4.98 Å². The van der Waals surface area contributed by atoms with E-state index in [1.807, 2.05) is 19.1 Å². The molecule has 0 fully saturated rings. The second kappa shape index (κ2) is 6.27. The second-order valence-corrected chi connectivity index (χ2v) is 6.94. The molecule has 2 aromatic heterocycles. The Bertz CT molecular complexity index is 1210.